The summed E-state index contributed by atoms with van der Waals surface area (Å²) in [6.07, 6.45) is 2.88. The number of likely N-dealkylation sites (tertiary alicyclic amines) is 1. The topological polar surface area (TPSA) is 48.1 Å². The van der Waals surface area contributed by atoms with E-state index in [0.717, 1.165) is 32.4 Å². The Morgan fingerprint density at radius 1 is 1.19 bits per heavy atom. The lowest BCUT2D eigenvalue weighted by Crippen LogP contribution is -2.48. The number of carbonyl (C=O) groups excluding carboxylic acids is 1. The van der Waals surface area contributed by atoms with Gasteiger partial charge in [-0.1, -0.05) is 38.1 Å². The molecule has 0 aliphatic carbocycles. The predicted octanol–water partition coefficient (Wildman–Crippen LogP) is 4.07. The normalized spacial score (nSPS) is 27.5. The molecule has 2 aromatic rings. The van der Waals surface area contributed by atoms with Gasteiger partial charge in [-0.2, -0.15) is 0 Å². The number of benzene rings is 2. The van der Waals surface area contributed by atoms with Crippen molar-refractivity contribution < 1.29 is 9.53 Å². The molecule has 1 amide bonds. The summed E-state index contributed by atoms with van der Waals surface area (Å²) in [7, 11) is 4.34. The number of likely N-dealkylation sites (N-methyl/N-ethyl adjacent to an activating group) is 2. The van der Waals surface area contributed by atoms with Crippen molar-refractivity contribution in [3.63, 3.8) is 0 Å². The Bertz CT molecular complexity index is 1010. The molecule has 1 unspecified atom stereocenters. The Morgan fingerprint density at radius 2 is 2.00 bits per heavy atom. The third kappa shape index (κ3) is 3.20. The summed E-state index contributed by atoms with van der Waals surface area (Å²) in [6, 6.07) is 14.7. The standard InChI is InChI=1S/C25H32N4O2/c1-5-21-19-9-7-6-8-17(19)12-14-29(21)26-24(30)31-18-10-11-22-20(16-18)25(2)13-15-27(3)23(25)28(22)4/h6-11,16,21,23H,5,12-15H2,1-4H3,(H,26,30)/t21?,23-,25+/m1/s1. The average molecular weight is 421 g/mol. The Kier molecular flexibility index (Phi) is 4.94. The molecule has 1 saturated heterocycles. The predicted molar refractivity (Wildman–Crippen MR) is 122 cm³/mol. The minimum Gasteiger partial charge on any atom is -0.409 e. The zero-order valence-corrected chi connectivity index (χ0v) is 18.9. The molecule has 3 aliphatic heterocycles. The van der Waals surface area contributed by atoms with Crippen molar-refractivity contribution in [1.29, 1.82) is 0 Å². The van der Waals surface area contributed by atoms with E-state index in [1.165, 1.54) is 22.4 Å². The van der Waals surface area contributed by atoms with Gasteiger partial charge in [-0.25, -0.2) is 9.80 Å². The molecular formula is C25H32N4O2. The molecule has 31 heavy (non-hydrogen) atoms. The number of ether oxygens (including phenoxy) is 1. The van der Waals surface area contributed by atoms with Gasteiger partial charge in [0.25, 0.3) is 0 Å². The van der Waals surface area contributed by atoms with E-state index < -0.39 is 6.09 Å². The molecule has 0 radical (unpaired) electrons. The summed E-state index contributed by atoms with van der Waals surface area (Å²) in [6.45, 7) is 6.33. The first-order valence-corrected chi connectivity index (χ1v) is 11.3. The van der Waals surface area contributed by atoms with E-state index in [9.17, 15) is 4.79 Å². The number of amides is 1. The number of nitrogens with one attached hydrogen (secondary N) is 1. The maximum atomic E-state index is 12.8. The van der Waals surface area contributed by atoms with Crippen molar-refractivity contribution in [2.75, 3.05) is 32.1 Å². The van der Waals surface area contributed by atoms with Crippen LogP contribution in [0.5, 0.6) is 5.75 Å². The van der Waals surface area contributed by atoms with Gasteiger partial charge in [-0.15, -0.1) is 0 Å². The number of carbonyl (C=O) groups is 1. The molecule has 0 bridgehead atoms. The lowest BCUT2D eigenvalue weighted by molar-refractivity contribution is 0.0999. The fourth-order valence-corrected chi connectivity index (χ4v) is 6.09. The highest BCUT2D eigenvalue weighted by atomic mass is 16.6. The highest BCUT2D eigenvalue weighted by Gasteiger charge is 2.52. The van der Waals surface area contributed by atoms with E-state index in [-0.39, 0.29) is 11.5 Å². The van der Waals surface area contributed by atoms with E-state index in [4.69, 9.17) is 4.74 Å². The van der Waals surface area contributed by atoms with E-state index in [0.29, 0.717) is 11.9 Å². The molecule has 3 atom stereocenters. The third-order valence-corrected chi connectivity index (χ3v) is 7.55. The third-order valence-electron chi connectivity index (χ3n) is 7.55. The van der Waals surface area contributed by atoms with Gasteiger partial charge in [-0.05, 0) is 61.2 Å². The fourth-order valence-electron chi connectivity index (χ4n) is 6.09. The maximum Gasteiger partial charge on any atom is 0.427 e. The van der Waals surface area contributed by atoms with Crippen LogP contribution in [0.3, 0.4) is 0 Å². The van der Waals surface area contributed by atoms with Gasteiger partial charge in [0.1, 0.15) is 5.75 Å². The van der Waals surface area contributed by atoms with Crippen LogP contribution in [0.1, 0.15) is 49.4 Å². The van der Waals surface area contributed by atoms with Crippen molar-refractivity contribution in [2.24, 2.45) is 0 Å². The van der Waals surface area contributed by atoms with Crippen LogP contribution in [-0.2, 0) is 11.8 Å². The minimum atomic E-state index is -0.422. The lowest BCUT2D eigenvalue weighted by Gasteiger charge is -2.36. The molecule has 1 N–H and O–H groups in total. The smallest absolute Gasteiger partial charge is 0.409 e. The Hall–Kier alpha value is -2.57. The van der Waals surface area contributed by atoms with Gasteiger partial charge in [-0.3, -0.25) is 10.3 Å². The van der Waals surface area contributed by atoms with E-state index in [1.807, 2.05) is 11.1 Å². The average Bonchev–Trinajstić information content (AvgIpc) is 3.19. The lowest BCUT2D eigenvalue weighted by atomic mass is 9.81. The van der Waals surface area contributed by atoms with Crippen LogP contribution in [0, 0.1) is 0 Å². The van der Waals surface area contributed by atoms with Crippen LogP contribution in [0.25, 0.3) is 0 Å². The zero-order valence-electron chi connectivity index (χ0n) is 18.9. The molecule has 3 aliphatic rings. The maximum absolute atomic E-state index is 12.8. The summed E-state index contributed by atoms with van der Waals surface area (Å²) in [4.78, 5) is 17.5. The molecule has 3 heterocycles. The first kappa shape index (κ1) is 20.3. The SMILES string of the molecule is CCC1c2ccccc2CCN1NC(=O)Oc1ccc2c(c1)[C@]1(C)CCN(C)[C@@H]1N2C. The Balaban J connectivity index is 1.32. The van der Waals surface area contributed by atoms with Crippen LogP contribution in [0.15, 0.2) is 42.5 Å². The summed E-state index contributed by atoms with van der Waals surface area (Å²) in [5.41, 5.74) is 8.22. The van der Waals surface area contributed by atoms with Gasteiger partial charge in [0.15, 0.2) is 0 Å². The van der Waals surface area contributed by atoms with E-state index >= 15 is 0 Å². The van der Waals surface area contributed by atoms with Crippen molar-refractivity contribution in [3.8, 4) is 5.75 Å². The molecule has 0 aromatic heterocycles. The van der Waals surface area contributed by atoms with Crippen LogP contribution >= 0.6 is 0 Å². The summed E-state index contributed by atoms with van der Waals surface area (Å²) >= 11 is 0. The summed E-state index contributed by atoms with van der Waals surface area (Å²) in [5.74, 6) is 0.603. The molecule has 1 fully saturated rings. The largest absolute Gasteiger partial charge is 0.427 e. The first-order chi connectivity index (χ1) is 14.9. The minimum absolute atomic E-state index is 0.0541. The second kappa shape index (κ2) is 7.53. The fraction of sp³-hybridized carbons (Fsp3) is 0.480. The molecule has 5 rings (SSSR count). The van der Waals surface area contributed by atoms with Gasteiger partial charge in [0.05, 0.1) is 12.2 Å². The number of rotatable bonds is 3. The number of hydrazine groups is 1. The van der Waals surface area contributed by atoms with Crippen LogP contribution < -0.4 is 15.1 Å². The van der Waals surface area contributed by atoms with Crippen LogP contribution in [0.4, 0.5) is 10.5 Å². The molecule has 6 nitrogen and oxygen atoms in total. The molecular weight excluding hydrogens is 388 g/mol. The second-order valence-corrected chi connectivity index (χ2v) is 9.38. The van der Waals surface area contributed by atoms with Crippen molar-refractivity contribution in [2.45, 2.75) is 50.7 Å². The zero-order chi connectivity index (χ0) is 21.8. The monoisotopic (exact) mass is 420 g/mol. The number of hydrogen-bond donors (Lipinski definition) is 1. The van der Waals surface area contributed by atoms with E-state index in [1.54, 1.807) is 0 Å². The highest BCUT2D eigenvalue weighted by molar-refractivity contribution is 5.72. The second-order valence-electron chi connectivity index (χ2n) is 9.38. The van der Waals surface area contributed by atoms with Gasteiger partial charge >= 0.3 is 6.09 Å². The number of hydrogen-bond acceptors (Lipinski definition) is 5. The molecule has 164 valence electrons. The van der Waals surface area contributed by atoms with E-state index in [2.05, 4.69) is 79.6 Å². The Morgan fingerprint density at radius 3 is 2.81 bits per heavy atom. The molecule has 6 heteroatoms. The quantitative estimate of drug-likeness (QED) is 0.811. The molecule has 0 spiro atoms. The molecule has 2 aromatic carbocycles. The number of fused-ring (bicyclic) bond motifs is 4. The van der Waals surface area contributed by atoms with Crippen LogP contribution in [-0.4, -0.2) is 49.4 Å². The number of nitrogens with zero attached hydrogens (tertiary/aromatic N) is 3. The number of anilines is 1. The summed E-state index contributed by atoms with van der Waals surface area (Å²) in [5, 5.41) is 2.02. The van der Waals surface area contributed by atoms with Gasteiger partial charge in [0.2, 0.25) is 0 Å². The van der Waals surface area contributed by atoms with Crippen LogP contribution in [0.2, 0.25) is 0 Å². The van der Waals surface area contributed by atoms with Crippen molar-refractivity contribution in [3.05, 3.63) is 59.2 Å². The highest BCUT2D eigenvalue weighted by Crippen LogP contribution is 2.51. The first-order valence-electron chi connectivity index (χ1n) is 11.3. The van der Waals surface area contributed by atoms with Gasteiger partial charge < -0.3 is 9.64 Å². The molecule has 0 saturated carbocycles. The van der Waals surface area contributed by atoms with Crippen molar-refractivity contribution >= 4 is 11.8 Å². The van der Waals surface area contributed by atoms with Crippen molar-refractivity contribution in [1.82, 2.24) is 15.3 Å². The van der Waals surface area contributed by atoms with Gasteiger partial charge in [0, 0.05) is 31.2 Å². The summed E-state index contributed by atoms with van der Waals surface area (Å²) < 4.78 is 5.75. The Labute approximate surface area is 184 Å².